The summed E-state index contributed by atoms with van der Waals surface area (Å²) in [6.07, 6.45) is 5.92. The predicted molar refractivity (Wildman–Crippen MR) is 91.2 cm³/mol. The molecule has 0 unspecified atom stereocenters. The van der Waals surface area contributed by atoms with Crippen molar-refractivity contribution >= 4 is 22.0 Å². The number of hydrogen-bond acceptors (Lipinski definition) is 3. The molecule has 2 rings (SSSR count). The third kappa shape index (κ3) is 4.75. The van der Waals surface area contributed by atoms with Crippen molar-refractivity contribution in [3.8, 4) is 11.5 Å². The molecule has 4 heteroatoms. The van der Waals surface area contributed by atoms with E-state index in [1.807, 2.05) is 13.0 Å². The maximum atomic E-state index is 5.63. The van der Waals surface area contributed by atoms with Crippen LogP contribution in [0, 0.1) is 0 Å². The summed E-state index contributed by atoms with van der Waals surface area (Å²) in [6.45, 7) is 5.75. The molecule has 3 nitrogen and oxygen atoms in total. The van der Waals surface area contributed by atoms with Gasteiger partial charge in [0, 0.05) is 12.6 Å². The van der Waals surface area contributed by atoms with E-state index in [2.05, 4.69) is 40.3 Å². The fourth-order valence-electron chi connectivity index (χ4n) is 2.18. The Bertz CT molecular complexity index is 510. The van der Waals surface area contributed by atoms with E-state index in [-0.39, 0.29) is 0 Å². The molecule has 0 heterocycles. The summed E-state index contributed by atoms with van der Waals surface area (Å²) in [4.78, 5) is 0. The second-order valence-corrected chi connectivity index (χ2v) is 6.13. The molecule has 116 valence electrons. The van der Waals surface area contributed by atoms with Crippen molar-refractivity contribution in [2.75, 3.05) is 20.3 Å². The summed E-state index contributed by atoms with van der Waals surface area (Å²) in [7, 11) is 1.67. The molecule has 1 aromatic carbocycles. The van der Waals surface area contributed by atoms with Crippen LogP contribution in [0.4, 0.5) is 0 Å². The molecular weight excluding hydrogens is 330 g/mol. The largest absolute Gasteiger partial charge is 0.493 e. The summed E-state index contributed by atoms with van der Waals surface area (Å²) >= 11 is 3.57. The van der Waals surface area contributed by atoms with Gasteiger partial charge in [-0.2, -0.15) is 0 Å². The number of rotatable bonds is 8. The first-order valence-corrected chi connectivity index (χ1v) is 8.40. The Morgan fingerprint density at radius 1 is 1.38 bits per heavy atom. The van der Waals surface area contributed by atoms with Crippen molar-refractivity contribution in [1.29, 1.82) is 0 Å². The van der Waals surface area contributed by atoms with Crippen LogP contribution < -0.4 is 14.8 Å². The smallest absolute Gasteiger partial charge is 0.175 e. The zero-order chi connectivity index (χ0) is 15.2. The van der Waals surface area contributed by atoms with Gasteiger partial charge in [0.2, 0.25) is 0 Å². The van der Waals surface area contributed by atoms with E-state index in [0.29, 0.717) is 6.61 Å². The standard InChI is InChI=1S/C17H24BrNO2/c1-4-12(11-19-14-6-7-14)8-13-9-15(18)17(21-5-2)16(10-13)20-3/h8-10,14,19H,4-7,11H2,1-3H3. The highest BCUT2D eigenvalue weighted by Crippen LogP contribution is 2.37. The minimum atomic E-state index is 0.621. The molecule has 1 aliphatic carbocycles. The second-order valence-electron chi connectivity index (χ2n) is 5.28. The van der Waals surface area contributed by atoms with Gasteiger partial charge in [-0.1, -0.05) is 18.6 Å². The van der Waals surface area contributed by atoms with Crippen LogP contribution in [0.5, 0.6) is 11.5 Å². The Balaban J connectivity index is 2.18. The number of ether oxygens (including phenoxy) is 2. The van der Waals surface area contributed by atoms with Crippen molar-refractivity contribution < 1.29 is 9.47 Å². The Labute approximate surface area is 135 Å². The summed E-state index contributed by atoms with van der Waals surface area (Å²) in [5.74, 6) is 1.54. The average molecular weight is 354 g/mol. The Morgan fingerprint density at radius 3 is 2.71 bits per heavy atom. The third-order valence-electron chi connectivity index (χ3n) is 3.56. The van der Waals surface area contributed by atoms with E-state index in [1.54, 1.807) is 7.11 Å². The van der Waals surface area contributed by atoms with Crippen molar-refractivity contribution in [3.63, 3.8) is 0 Å². The minimum absolute atomic E-state index is 0.621. The van der Waals surface area contributed by atoms with E-state index >= 15 is 0 Å². The van der Waals surface area contributed by atoms with Crippen LogP contribution in [0.15, 0.2) is 22.2 Å². The van der Waals surface area contributed by atoms with Crippen LogP contribution in [0.2, 0.25) is 0 Å². The molecule has 0 saturated heterocycles. The summed E-state index contributed by atoms with van der Waals surface area (Å²) in [5.41, 5.74) is 2.54. The predicted octanol–water partition coefficient (Wildman–Crippen LogP) is 4.40. The normalized spacial score (nSPS) is 15.1. The van der Waals surface area contributed by atoms with Crippen LogP contribution in [0.25, 0.3) is 6.08 Å². The molecule has 0 bridgehead atoms. The van der Waals surface area contributed by atoms with Gasteiger partial charge >= 0.3 is 0 Å². The van der Waals surface area contributed by atoms with Crippen molar-refractivity contribution in [3.05, 3.63) is 27.7 Å². The lowest BCUT2D eigenvalue weighted by molar-refractivity contribution is 0.309. The van der Waals surface area contributed by atoms with Gasteiger partial charge in [-0.25, -0.2) is 0 Å². The van der Waals surface area contributed by atoms with E-state index in [1.165, 1.54) is 18.4 Å². The number of benzene rings is 1. The maximum absolute atomic E-state index is 5.63. The molecule has 0 aromatic heterocycles. The lowest BCUT2D eigenvalue weighted by Crippen LogP contribution is -2.18. The average Bonchev–Trinajstić information content (AvgIpc) is 3.30. The fraction of sp³-hybridized carbons (Fsp3) is 0.529. The van der Waals surface area contributed by atoms with Gasteiger partial charge in [-0.3, -0.25) is 0 Å². The summed E-state index contributed by atoms with van der Waals surface area (Å²) < 4.78 is 12.0. The van der Waals surface area contributed by atoms with E-state index in [4.69, 9.17) is 9.47 Å². The molecule has 1 aliphatic rings. The molecule has 1 N–H and O–H groups in total. The highest BCUT2D eigenvalue weighted by Gasteiger charge is 2.20. The quantitative estimate of drug-likeness (QED) is 0.751. The van der Waals surface area contributed by atoms with Gasteiger partial charge in [0.25, 0.3) is 0 Å². The molecule has 0 radical (unpaired) electrons. The van der Waals surface area contributed by atoms with Crippen LogP contribution in [-0.4, -0.2) is 26.3 Å². The first-order valence-electron chi connectivity index (χ1n) is 7.61. The molecule has 21 heavy (non-hydrogen) atoms. The Kier molecular flexibility index (Phi) is 6.12. The summed E-state index contributed by atoms with van der Waals surface area (Å²) in [6, 6.07) is 4.85. The molecule has 0 spiro atoms. The zero-order valence-corrected chi connectivity index (χ0v) is 14.6. The van der Waals surface area contributed by atoms with E-state index < -0.39 is 0 Å². The summed E-state index contributed by atoms with van der Waals surface area (Å²) in [5, 5.41) is 3.57. The van der Waals surface area contributed by atoms with Crippen molar-refractivity contribution in [2.24, 2.45) is 0 Å². The van der Waals surface area contributed by atoms with Gasteiger partial charge in [0.05, 0.1) is 18.2 Å². The number of hydrogen-bond donors (Lipinski definition) is 1. The Morgan fingerprint density at radius 2 is 2.14 bits per heavy atom. The SMILES string of the molecule is CCOc1c(Br)cc(C=C(CC)CNC2CC2)cc1OC. The molecule has 1 saturated carbocycles. The lowest BCUT2D eigenvalue weighted by atomic mass is 10.1. The molecule has 1 fully saturated rings. The fourth-order valence-corrected chi connectivity index (χ4v) is 2.76. The lowest BCUT2D eigenvalue weighted by Gasteiger charge is -2.13. The topological polar surface area (TPSA) is 30.5 Å². The highest BCUT2D eigenvalue weighted by atomic mass is 79.9. The Hall–Kier alpha value is -1.00. The number of methoxy groups -OCH3 is 1. The molecular formula is C17H24BrNO2. The van der Waals surface area contributed by atoms with Crippen LogP contribution in [-0.2, 0) is 0 Å². The number of nitrogens with one attached hydrogen (secondary N) is 1. The molecule has 0 atom stereocenters. The second kappa shape index (κ2) is 7.85. The zero-order valence-electron chi connectivity index (χ0n) is 13.0. The minimum Gasteiger partial charge on any atom is -0.493 e. The van der Waals surface area contributed by atoms with Crippen LogP contribution >= 0.6 is 15.9 Å². The molecule has 0 amide bonds. The van der Waals surface area contributed by atoms with Gasteiger partial charge in [-0.05, 0) is 59.8 Å². The van der Waals surface area contributed by atoms with E-state index in [9.17, 15) is 0 Å². The van der Waals surface area contributed by atoms with Crippen molar-refractivity contribution in [2.45, 2.75) is 39.2 Å². The monoisotopic (exact) mass is 353 g/mol. The number of halogens is 1. The van der Waals surface area contributed by atoms with Gasteiger partial charge < -0.3 is 14.8 Å². The highest BCUT2D eigenvalue weighted by molar-refractivity contribution is 9.10. The molecule has 0 aliphatic heterocycles. The van der Waals surface area contributed by atoms with E-state index in [0.717, 1.165) is 40.5 Å². The van der Waals surface area contributed by atoms with Crippen LogP contribution in [0.3, 0.4) is 0 Å². The first-order chi connectivity index (χ1) is 10.2. The van der Waals surface area contributed by atoms with Crippen molar-refractivity contribution in [1.82, 2.24) is 5.32 Å². The third-order valence-corrected chi connectivity index (χ3v) is 4.15. The van der Waals surface area contributed by atoms with Gasteiger partial charge in [0.1, 0.15) is 0 Å². The first kappa shape index (κ1) is 16.4. The van der Waals surface area contributed by atoms with Gasteiger partial charge in [-0.15, -0.1) is 0 Å². The van der Waals surface area contributed by atoms with Crippen LogP contribution in [0.1, 0.15) is 38.7 Å². The van der Waals surface area contributed by atoms with Gasteiger partial charge in [0.15, 0.2) is 11.5 Å². The maximum Gasteiger partial charge on any atom is 0.175 e. The molecule has 1 aromatic rings.